The van der Waals surface area contributed by atoms with Gasteiger partial charge in [0, 0.05) is 5.56 Å². The van der Waals surface area contributed by atoms with Crippen LogP contribution in [-0.2, 0) is 21.0 Å². The summed E-state index contributed by atoms with van der Waals surface area (Å²) < 4.78 is 30.5. The molecule has 1 unspecified atom stereocenters. The molecule has 0 heterocycles. The van der Waals surface area contributed by atoms with Crippen LogP contribution in [0.25, 0.3) is 5.70 Å². The standard InChI is InChI=1S/C27H25FN2O5/c1-32-27(31)15-22(16-29)20-9-11-23(12-10-20)34-17-19-8-13-26(24(28)14-19)35-18-25(30-33-2)21-6-4-3-5-7-21/h3-14,18,22,30H,15,17H2,1-2H3. The van der Waals surface area contributed by atoms with E-state index >= 15 is 0 Å². The first-order chi connectivity index (χ1) is 17.0. The molecule has 8 heteroatoms. The quantitative estimate of drug-likeness (QED) is 0.234. The van der Waals surface area contributed by atoms with E-state index in [4.69, 9.17) is 14.3 Å². The third-order valence-electron chi connectivity index (χ3n) is 5.04. The van der Waals surface area contributed by atoms with Crippen LogP contribution >= 0.6 is 0 Å². The Morgan fingerprint density at radius 3 is 2.46 bits per heavy atom. The Hall–Kier alpha value is -4.35. The second kappa shape index (κ2) is 12.8. The Bertz CT molecular complexity index is 1190. The first-order valence-electron chi connectivity index (χ1n) is 10.7. The number of nitrogens with zero attached hydrogens (tertiary/aromatic N) is 1. The minimum absolute atomic E-state index is 0.0234. The molecule has 0 aliphatic rings. The molecular formula is C27H25FN2O5. The van der Waals surface area contributed by atoms with E-state index in [0.29, 0.717) is 22.6 Å². The molecule has 180 valence electrons. The average molecular weight is 477 g/mol. The van der Waals surface area contributed by atoms with Crippen LogP contribution in [0.1, 0.15) is 29.0 Å². The van der Waals surface area contributed by atoms with Gasteiger partial charge in [0.1, 0.15) is 24.3 Å². The molecule has 0 fully saturated rings. The second-order valence-corrected chi connectivity index (χ2v) is 7.41. The van der Waals surface area contributed by atoms with Gasteiger partial charge in [-0.2, -0.15) is 5.26 Å². The SMILES string of the molecule is CONC(=COc1ccc(COc2ccc(C(C#N)CC(=O)OC)cc2)cc1F)c1ccccc1. The lowest BCUT2D eigenvalue weighted by molar-refractivity contribution is -0.140. The van der Waals surface area contributed by atoms with Crippen molar-refractivity contribution in [3.63, 3.8) is 0 Å². The highest BCUT2D eigenvalue weighted by atomic mass is 19.1. The van der Waals surface area contributed by atoms with Gasteiger partial charge in [-0.25, -0.2) is 4.39 Å². The van der Waals surface area contributed by atoms with Gasteiger partial charge in [-0.1, -0.05) is 48.5 Å². The summed E-state index contributed by atoms with van der Waals surface area (Å²) in [7, 11) is 2.76. The molecule has 1 atom stereocenters. The largest absolute Gasteiger partial charge is 0.489 e. The van der Waals surface area contributed by atoms with Gasteiger partial charge in [0.05, 0.1) is 32.6 Å². The van der Waals surface area contributed by atoms with E-state index in [0.717, 1.165) is 5.56 Å². The van der Waals surface area contributed by atoms with E-state index in [9.17, 15) is 14.4 Å². The van der Waals surface area contributed by atoms with Gasteiger partial charge in [-0.15, -0.1) is 0 Å². The summed E-state index contributed by atoms with van der Waals surface area (Å²) in [6.45, 7) is 0.136. The van der Waals surface area contributed by atoms with Crippen molar-refractivity contribution in [2.75, 3.05) is 14.2 Å². The Morgan fingerprint density at radius 2 is 1.83 bits per heavy atom. The van der Waals surface area contributed by atoms with Crippen molar-refractivity contribution in [2.45, 2.75) is 18.9 Å². The number of hydrogen-bond donors (Lipinski definition) is 1. The summed E-state index contributed by atoms with van der Waals surface area (Å²) in [5.41, 5.74) is 5.37. The Labute approximate surface area is 203 Å². The maximum Gasteiger partial charge on any atom is 0.307 e. The number of ether oxygens (including phenoxy) is 3. The molecule has 0 aliphatic carbocycles. The van der Waals surface area contributed by atoms with Crippen molar-refractivity contribution in [1.82, 2.24) is 5.48 Å². The van der Waals surface area contributed by atoms with Gasteiger partial charge in [-0.05, 0) is 35.4 Å². The molecule has 1 N–H and O–H groups in total. The van der Waals surface area contributed by atoms with Crippen molar-refractivity contribution in [1.29, 1.82) is 5.26 Å². The molecule has 3 aromatic rings. The molecule has 7 nitrogen and oxygen atoms in total. The number of esters is 1. The molecule has 0 aromatic heterocycles. The number of hydrogen-bond acceptors (Lipinski definition) is 7. The fourth-order valence-corrected chi connectivity index (χ4v) is 3.18. The van der Waals surface area contributed by atoms with Crippen molar-refractivity contribution in [3.8, 4) is 17.6 Å². The number of carbonyl (C=O) groups is 1. The molecule has 0 saturated carbocycles. The van der Waals surface area contributed by atoms with E-state index in [1.807, 2.05) is 30.3 Å². The highest BCUT2D eigenvalue weighted by Crippen LogP contribution is 2.24. The predicted molar refractivity (Wildman–Crippen MR) is 127 cm³/mol. The van der Waals surface area contributed by atoms with Crippen LogP contribution in [0.4, 0.5) is 4.39 Å². The predicted octanol–water partition coefficient (Wildman–Crippen LogP) is 5.10. The molecular weight excluding hydrogens is 451 g/mol. The normalized spacial score (nSPS) is 11.8. The Morgan fingerprint density at radius 1 is 1.09 bits per heavy atom. The smallest absolute Gasteiger partial charge is 0.307 e. The Kier molecular flexibility index (Phi) is 9.22. The number of rotatable bonds is 11. The number of hydroxylamine groups is 1. The fraction of sp³-hybridized carbons (Fsp3) is 0.185. The van der Waals surface area contributed by atoms with E-state index in [1.165, 1.54) is 32.6 Å². The van der Waals surface area contributed by atoms with Crippen LogP contribution in [0, 0.1) is 17.1 Å². The molecule has 3 rings (SSSR count). The average Bonchev–Trinajstić information content (AvgIpc) is 2.90. The molecule has 35 heavy (non-hydrogen) atoms. The number of nitrogens with one attached hydrogen (secondary N) is 1. The molecule has 0 radical (unpaired) electrons. The zero-order valence-corrected chi connectivity index (χ0v) is 19.4. The highest BCUT2D eigenvalue weighted by molar-refractivity contribution is 5.71. The third-order valence-corrected chi connectivity index (χ3v) is 5.04. The number of carbonyl (C=O) groups excluding carboxylic acids is 1. The Balaban J connectivity index is 1.61. The van der Waals surface area contributed by atoms with Gasteiger partial charge >= 0.3 is 5.97 Å². The summed E-state index contributed by atoms with van der Waals surface area (Å²) in [5.74, 6) is -0.994. The van der Waals surface area contributed by atoms with E-state index in [-0.39, 0.29) is 18.8 Å². The summed E-state index contributed by atoms with van der Waals surface area (Å²) in [4.78, 5) is 16.4. The van der Waals surface area contributed by atoms with E-state index in [2.05, 4.69) is 16.3 Å². The summed E-state index contributed by atoms with van der Waals surface area (Å²) >= 11 is 0. The fourth-order valence-electron chi connectivity index (χ4n) is 3.18. The minimum atomic E-state index is -0.603. The topological polar surface area (TPSA) is 89.8 Å². The van der Waals surface area contributed by atoms with E-state index in [1.54, 1.807) is 30.3 Å². The minimum Gasteiger partial charge on any atom is -0.489 e. The number of nitriles is 1. The maximum absolute atomic E-state index is 14.6. The zero-order chi connectivity index (χ0) is 25.0. The van der Waals surface area contributed by atoms with Gasteiger partial charge in [0.15, 0.2) is 11.6 Å². The highest BCUT2D eigenvalue weighted by Gasteiger charge is 2.16. The molecule has 0 aliphatic heterocycles. The monoisotopic (exact) mass is 476 g/mol. The maximum atomic E-state index is 14.6. The summed E-state index contributed by atoms with van der Waals surface area (Å²) in [5, 5.41) is 9.30. The number of halogens is 1. The summed E-state index contributed by atoms with van der Waals surface area (Å²) in [6.07, 6.45) is 1.36. The first-order valence-corrected chi connectivity index (χ1v) is 10.7. The summed E-state index contributed by atoms with van der Waals surface area (Å²) in [6, 6.07) is 22.8. The number of benzene rings is 3. The van der Waals surface area contributed by atoms with Gasteiger partial charge in [0.2, 0.25) is 0 Å². The third kappa shape index (κ3) is 7.32. The molecule has 0 amide bonds. The van der Waals surface area contributed by atoms with Crippen molar-refractivity contribution in [3.05, 3.63) is 102 Å². The molecule has 0 bridgehead atoms. The lowest BCUT2D eigenvalue weighted by Crippen LogP contribution is -2.11. The van der Waals surface area contributed by atoms with Crippen LogP contribution in [0.2, 0.25) is 0 Å². The van der Waals surface area contributed by atoms with Gasteiger partial charge < -0.3 is 14.2 Å². The lowest BCUT2D eigenvalue weighted by atomic mass is 9.97. The number of methoxy groups -OCH3 is 1. The van der Waals surface area contributed by atoms with Crippen molar-refractivity contribution < 1.29 is 28.2 Å². The van der Waals surface area contributed by atoms with E-state index < -0.39 is 17.7 Å². The van der Waals surface area contributed by atoms with Crippen molar-refractivity contribution in [2.24, 2.45) is 0 Å². The molecule has 3 aromatic carbocycles. The lowest BCUT2D eigenvalue weighted by Gasteiger charge is -2.12. The van der Waals surface area contributed by atoms with Crippen LogP contribution in [0.3, 0.4) is 0 Å². The zero-order valence-electron chi connectivity index (χ0n) is 19.4. The van der Waals surface area contributed by atoms with Crippen LogP contribution in [-0.4, -0.2) is 20.2 Å². The van der Waals surface area contributed by atoms with Crippen LogP contribution in [0.5, 0.6) is 11.5 Å². The van der Waals surface area contributed by atoms with Crippen molar-refractivity contribution >= 4 is 11.7 Å². The van der Waals surface area contributed by atoms with Crippen LogP contribution in [0.15, 0.2) is 79.1 Å². The molecule has 0 spiro atoms. The first kappa shape index (κ1) is 25.3. The van der Waals surface area contributed by atoms with Gasteiger partial charge in [0.25, 0.3) is 0 Å². The molecule has 0 saturated heterocycles. The van der Waals surface area contributed by atoms with Gasteiger partial charge in [-0.3, -0.25) is 15.1 Å². The van der Waals surface area contributed by atoms with Crippen LogP contribution < -0.4 is 15.0 Å². The second-order valence-electron chi connectivity index (χ2n) is 7.41.